The molecule has 1 heterocycles. The van der Waals surface area contributed by atoms with E-state index in [0.717, 1.165) is 0 Å². The number of aryl methyl sites for hydroxylation is 1. The van der Waals surface area contributed by atoms with Crippen LogP contribution in [0.4, 0.5) is 4.39 Å². The van der Waals surface area contributed by atoms with E-state index in [2.05, 4.69) is 5.10 Å². The number of carbonyl (C=O) groups excluding carboxylic acids is 1. The first-order chi connectivity index (χ1) is 9.52. The van der Waals surface area contributed by atoms with Gasteiger partial charge in [0.2, 0.25) is 11.1 Å². The SMILES string of the molecule is CCOC(=O)c1nn(C)cc(-c2ccc(F)cc2)c1=O. The van der Waals surface area contributed by atoms with E-state index in [0.29, 0.717) is 5.56 Å². The lowest BCUT2D eigenvalue weighted by molar-refractivity contribution is 0.0515. The summed E-state index contributed by atoms with van der Waals surface area (Å²) in [6.45, 7) is 1.80. The van der Waals surface area contributed by atoms with Gasteiger partial charge in [-0.05, 0) is 24.6 Å². The summed E-state index contributed by atoms with van der Waals surface area (Å²) in [4.78, 5) is 23.9. The van der Waals surface area contributed by atoms with E-state index in [4.69, 9.17) is 4.74 Å². The van der Waals surface area contributed by atoms with E-state index in [-0.39, 0.29) is 17.9 Å². The van der Waals surface area contributed by atoms with Gasteiger partial charge in [-0.25, -0.2) is 9.18 Å². The third-order valence-corrected chi connectivity index (χ3v) is 2.66. The van der Waals surface area contributed by atoms with Gasteiger partial charge in [-0.1, -0.05) is 12.1 Å². The Hall–Kier alpha value is -2.50. The average molecular weight is 276 g/mol. The van der Waals surface area contributed by atoms with Gasteiger partial charge in [0, 0.05) is 18.8 Å². The van der Waals surface area contributed by atoms with Crippen molar-refractivity contribution in [1.82, 2.24) is 9.78 Å². The monoisotopic (exact) mass is 276 g/mol. The highest BCUT2D eigenvalue weighted by Gasteiger charge is 2.18. The summed E-state index contributed by atoms with van der Waals surface area (Å²) in [5, 5.41) is 3.85. The van der Waals surface area contributed by atoms with E-state index in [1.807, 2.05) is 0 Å². The van der Waals surface area contributed by atoms with Gasteiger partial charge in [0.25, 0.3) is 0 Å². The van der Waals surface area contributed by atoms with Crippen LogP contribution < -0.4 is 5.43 Å². The number of ether oxygens (including phenoxy) is 1. The average Bonchev–Trinajstić information content (AvgIpc) is 2.42. The fraction of sp³-hybridized carbons (Fsp3) is 0.214. The number of aromatic nitrogens is 2. The Morgan fingerprint density at radius 1 is 1.35 bits per heavy atom. The second-order valence-corrected chi connectivity index (χ2v) is 4.12. The fourth-order valence-electron chi connectivity index (χ4n) is 1.77. The molecule has 0 radical (unpaired) electrons. The van der Waals surface area contributed by atoms with Crippen LogP contribution in [-0.2, 0) is 11.8 Å². The van der Waals surface area contributed by atoms with Gasteiger partial charge in [0.05, 0.1) is 6.61 Å². The molecule has 1 aromatic carbocycles. The summed E-state index contributed by atoms with van der Waals surface area (Å²) in [6.07, 6.45) is 1.48. The van der Waals surface area contributed by atoms with Gasteiger partial charge >= 0.3 is 5.97 Å². The normalized spacial score (nSPS) is 10.3. The number of esters is 1. The van der Waals surface area contributed by atoms with Crippen LogP contribution in [0, 0.1) is 5.82 Å². The molecule has 20 heavy (non-hydrogen) atoms. The maximum atomic E-state index is 12.9. The Kier molecular flexibility index (Phi) is 3.93. The van der Waals surface area contributed by atoms with E-state index in [9.17, 15) is 14.0 Å². The Morgan fingerprint density at radius 3 is 2.60 bits per heavy atom. The van der Waals surface area contributed by atoms with Crippen molar-refractivity contribution >= 4 is 5.97 Å². The number of rotatable bonds is 3. The molecule has 2 aromatic rings. The Labute approximate surface area is 114 Å². The van der Waals surface area contributed by atoms with Gasteiger partial charge in [0.15, 0.2) is 0 Å². The molecule has 0 N–H and O–H groups in total. The molecule has 0 aliphatic carbocycles. The van der Waals surface area contributed by atoms with E-state index in [1.165, 1.54) is 35.1 Å². The molecule has 0 saturated carbocycles. The van der Waals surface area contributed by atoms with Crippen LogP contribution in [0.2, 0.25) is 0 Å². The zero-order valence-electron chi connectivity index (χ0n) is 11.1. The van der Waals surface area contributed by atoms with Crippen molar-refractivity contribution in [3.63, 3.8) is 0 Å². The third kappa shape index (κ3) is 2.74. The lowest BCUT2D eigenvalue weighted by Crippen LogP contribution is -2.24. The molecule has 0 spiro atoms. The van der Waals surface area contributed by atoms with E-state index < -0.39 is 17.2 Å². The summed E-state index contributed by atoms with van der Waals surface area (Å²) in [7, 11) is 1.59. The lowest BCUT2D eigenvalue weighted by atomic mass is 10.1. The van der Waals surface area contributed by atoms with Crippen molar-refractivity contribution in [3.8, 4) is 11.1 Å². The van der Waals surface area contributed by atoms with E-state index in [1.54, 1.807) is 14.0 Å². The van der Waals surface area contributed by atoms with Crippen LogP contribution in [0.1, 0.15) is 17.4 Å². The molecule has 0 aliphatic rings. The highest BCUT2D eigenvalue weighted by atomic mass is 19.1. The summed E-state index contributed by atoms with van der Waals surface area (Å²) in [6, 6.07) is 5.44. The van der Waals surface area contributed by atoms with Crippen molar-refractivity contribution in [1.29, 1.82) is 0 Å². The molecule has 0 bridgehead atoms. The number of hydrogen-bond acceptors (Lipinski definition) is 4. The zero-order valence-corrected chi connectivity index (χ0v) is 11.1. The quantitative estimate of drug-likeness (QED) is 0.801. The number of halogens is 1. The first kappa shape index (κ1) is 13.9. The predicted molar refractivity (Wildman–Crippen MR) is 70.8 cm³/mol. The third-order valence-electron chi connectivity index (χ3n) is 2.66. The molecule has 0 aliphatic heterocycles. The molecule has 0 amide bonds. The minimum atomic E-state index is -0.767. The number of hydrogen-bond donors (Lipinski definition) is 0. The molecule has 0 fully saturated rings. The van der Waals surface area contributed by atoms with Gasteiger partial charge in [0.1, 0.15) is 5.82 Å². The van der Waals surface area contributed by atoms with Crippen LogP contribution in [0.3, 0.4) is 0 Å². The molecule has 6 heteroatoms. The maximum Gasteiger partial charge on any atom is 0.362 e. The number of benzene rings is 1. The highest BCUT2D eigenvalue weighted by Crippen LogP contribution is 2.15. The molecule has 0 atom stereocenters. The molecule has 0 saturated heterocycles. The Balaban J connectivity index is 2.57. The first-order valence-corrected chi connectivity index (χ1v) is 6.04. The minimum Gasteiger partial charge on any atom is -0.461 e. The van der Waals surface area contributed by atoms with Crippen LogP contribution in [-0.4, -0.2) is 22.4 Å². The topological polar surface area (TPSA) is 61.2 Å². The highest BCUT2D eigenvalue weighted by molar-refractivity contribution is 5.88. The molecule has 0 unspecified atom stereocenters. The zero-order chi connectivity index (χ0) is 14.7. The molecular weight excluding hydrogens is 263 g/mol. The van der Waals surface area contributed by atoms with Crippen molar-refractivity contribution in [2.45, 2.75) is 6.92 Å². The molecular formula is C14H13FN2O3. The van der Waals surface area contributed by atoms with Gasteiger partial charge in [-0.2, -0.15) is 5.10 Å². The molecule has 5 nitrogen and oxygen atoms in total. The van der Waals surface area contributed by atoms with Crippen molar-refractivity contribution in [3.05, 3.63) is 52.2 Å². The van der Waals surface area contributed by atoms with Crippen LogP contribution in [0.25, 0.3) is 11.1 Å². The Bertz CT molecular complexity index is 693. The van der Waals surface area contributed by atoms with Gasteiger partial charge in [-0.15, -0.1) is 0 Å². The molecule has 104 valence electrons. The summed E-state index contributed by atoms with van der Waals surface area (Å²) in [5.74, 6) is -1.16. The molecule has 2 rings (SSSR count). The fourth-order valence-corrected chi connectivity index (χ4v) is 1.77. The molecule has 1 aromatic heterocycles. The largest absolute Gasteiger partial charge is 0.461 e. The Morgan fingerprint density at radius 2 is 2.00 bits per heavy atom. The minimum absolute atomic E-state index is 0.157. The lowest BCUT2D eigenvalue weighted by Gasteiger charge is -2.07. The van der Waals surface area contributed by atoms with E-state index >= 15 is 0 Å². The summed E-state index contributed by atoms with van der Waals surface area (Å²) in [5.41, 5.74) is -0.0326. The maximum absolute atomic E-state index is 12.9. The standard InChI is InChI=1S/C14H13FN2O3/c1-3-20-14(19)12-13(18)11(8-17(2)16-12)9-4-6-10(15)7-5-9/h4-8H,3H2,1-2H3. The smallest absolute Gasteiger partial charge is 0.362 e. The van der Waals surface area contributed by atoms with Crippen LogP contribution in [0.5, 0.6) is 0 Å². The first-order valence-electron chi connectivity index (χ1n) is 6.04. The number of carbonyl (C=O) groups is 1. The van der Waals surface area contributed by atoms with Crippen molar-refractivity contribution in [2.24, 2.45) is 7.05 Å². The predicted octanol–water partition coefficient (Wildman–Crippen LogP) is 1.76. The second kappa shape index (κ2) is 5.64. The van der Waals surface area contributed by atoms with Crippen LogP contribution in [0.15, 0.2) is 35.3 Å². The van der Waals surface area contributed by atoms with Gasteiger partial charge in [-0.3, -0.25) is 9.48 Å². The van der Waals surface area contributed by atoms with Crippen LogP contribution >= 0.6 is 0 Å². The van der Waals surface area contributed by atoms with Crippen molar-refractivity contribution in [2.75, 3.05) is 6.61 Å². The second-order valence-electron chi connectivity index (χ2n) is 4.12. The number of nitrogens with zero attached hydrogens (tertiary/aromatic N) is 2. The summed E-state index contributed by atoms with van der Waals surface area (Å²) >= 11 is 0. The summed E-state index contributed by atoms with van der Waals surface area (Å²) < 4.78 is 19.1. The van der Waals surface area contributed by atoms with Gasteiger partial charge < -0.3 is 4.74 Å². The van der Waals surface area contributed by atoms with Crippen molar-refractivity contribution < 1.29 is 13.9 Å².